The minimum Gasteiger partial charge on any atom is -0.493 e. The molecule has 24 heavy (non-hydrogen) atoms. The van der Waals surface area contributed by atoms with E-state index >= 15 is 0 Å². The molecule has 0 unspecified atom stereocenters. The van der Waals surface area contributed by atoms with E-state index < -0.39 is 0 Å². The second-order valence-corrected chi connectivity index (χ2v) is 5.62. The summed E-state index contributed by atoms with van der Waals surface area (Å²) >= 11 is 0. The molecule has 3 rings (SSSR count). The van der Waals surface area contributed by atoms with Crippen molar-refractivity contribution in [3.63, 3.8) is 0 Å². The largest absolute Gasteiger partial charge is 0.493 e. The topological polar surface area (TPSA) is 67.0 Å². The van der Waals surface area contributed by atoms with Crippen LogP contribution in [0.5, 0.6) is 11.5 Å². The van der Waals surface area contributed by atoms with E-state index in [0.717, 1.165) is 35.7 Å². The summed E-state index contributed by atoms with van der Waals surface area (Å²) in [7, 11) is 3.28. The van der Waals surface area contributed by atoms with Gasteiger partial charge >= 0.3 is 0 Å². The monoisotopic (exact) mass is 327 g/mol. The first-order valence-corrected chi connectivity index (χ1v) is 7.73. The van der Waals surface area contributed by atoms with Crippen molar-refractivity contribution in [3.05, 3.63) is 42.0 Å². The van der Waals surface area contributed by atoms with Crippen molar-refractivity contribution in [2.24, 2.45) is 0 Å². The lowest BCUT2D eigenvalue weighted by Gasteiger charge is -2.15. The number of hydrogen-bond acceptors (Lipinski definition) is 5. The summed E-state index contributed by atoms with van der Waals surface area (Å²) in [6, 6.07) is 4.01. The molecule has 126 valence electrons. The normalized spacial score (nSPS) is 10.8. The number of benzene rings is 1. The molecule has 0 saturated carbocycles. The van der Waals surface area contributed by atoms with E-state index in [-0.39, 0.29) is 0 Å². The molecule has 7 heteroatoms. The minimum absolute atomic E-state index is 0.687. The predicted octanol–water partition coefficient (Wildman–Crippen LogP) is 2.48. The second kappa shape index (κ2) is 6.74. The fraction of sp³-hybridized carbons (Fsp3) is 0.353. The highest BCUT2D eigenvalue weighted by Gasteiger charge is 2.17. The highest BCUT2D eigenvalue weighted by Crippen LogP contribution is 2.38. The molecule has 0 aliphatic heterocycles. The molecule has 3 aromatic rings. The van der Waals surface area contributed by atoms with Gasteiger partial charge in [-0.05, 0) is 31.5 Å². The second-order valence-electron chi connectivity index (χ2n) is 5.62. The van der Waals surface area contributed by atoms with Crippen LogP contribution in [0, 0.1) is 13.8 Å². The summed E-state index contributed by atoms with van der Waals surface area (Å²) in [6.45, 7) is 5.40. The average molecular weight is 327 g/mol. The SMILES string of the molecule is COc1cc(C)cc(-c2nccn2CCn2cc(C)nn2)c1OC. The van der Waals surface area contributed by atoms with Crippen LogP contribution in [0.25, 0.3) is 11.4 Å². The third-order valence-electron chi connectivity index (χ3n) is 3.80. The van der Waals surface area contributed by atoms with Crippen LogP contribution in [-0.2, 0) is 13.1 Å². The van der Waals surface area contributed by atoms with Gasteiger partial charge in [0.1, 0.15) is 5.82 Å². The van der Waals surface area contributed by atoms with Gasteiger partial charge in [-0.15, -0.1) is 5.10 Å². The first kappa shape index (κ1) is 16.0. The molecule has 0 aliphatic rings. The first-order valence-electron chi connectivity index (χ1n) is 7.73. The van der Waals surface area contributed by atoms with Gasteiger partial charge in [0, 0.05) is 25.1 Å². The zero-order chi connectivity index (χ0) is 17.1. The van der Waals surface area contributed by atoms with Gasteiger partial charge in [-0.2, -0.15) is 0 Å². The molecule has 0 aliphatic carbocycles. The lowest BCUT2D eigenvalue weighted by molar-refractivity contribution is 0.355. The van der Waals surface area contributed by atoms with E-state index in [1.165, 1.54) is 0 Å². The van der Waals surface area contributed by atoms with E-state index in [4.69, 9.17) is 9.47 Å². The van der Waals surface area contributed by atoms with Crippen molar-refractivity contribution < 1.29 is 9.47 Å². The Hall–Kier alpha value is -2.83. The summed E-state index contributed by atoms with van der Waals surface area (Å²) in [5.41, 5.74) is 2.91. The van der Waals surface area contributed by atoms with Gasteiger partial charge in [0.05, 0.1) is 32.0 Å². The molecule has 0 radical (unpaired) electrons. The third kappa shape index (κ3) is 3.10. The number of aryl methyl sites for hydroxylation is 4. The van der Waals surface area contributed by atoms with Gasteiger partial charge < -0.3 is 14.0 Å². The Bertz CT molecular complexity index is 837. The molecular weight excluding hydrogens is 306 g/mol. The number of ether oxygens (including phenoxy) is 2. The number of nitrogens with zero attached hydrogens (tertiary/aromatic N) is 5. The average Bonchev–Trinajstić information content (AvgIpc) is 3.20. The molecule has 0 fully saturated rings. The fourth-order valence-corrected chi connectivity index (χ4v) is 2.72. The smallest absolute Gasteiger partial charge is 0.171 e. The first-order chi connectivity index (χ1) is 11.6. The molecule has 0 saturated heterocycles. The summed E-state index contributed by atoms with van der Waals surface area (Å²) in [5.74, 6) is 2.23. The summed E-state index contributed by atoms with van der Waals surface area (Å²) < 4.78 is 14.9. The van der Waals surface area contributed by atoms with E-state index in [1.54, 1.807) is 20.4 Å². The van der Waals surface area contributed by atoms with Gasteiger partial charge in [-0.1, -0.05) is 5.21 Å². The number of rotatable bonds is 6. The number of imidazole rings is 1. The van der Waals surface area contributed by atoms with Crippen LogP contribution in [0.2, 0.25) is 0 Å². The molecule has 7 nitrogen and oxygen atoms in total. The molecule has 2 aromatic heterocycles. The zero-order valence-corrected chi connectivity index (χ0v) is 14.4. The molecule has 0 N–H and O–H groups in total. The van der Waals surface area contributed by atoms with Crippen molar-refractivity contribution in [1.29, 1.82) is 0 Å². The van der Waals surface area contributed by atoms with Crippen LogP contribution in [0.1, 0.15) is 11.3 Å². The van der Waals surface area contributed by atoms with Crippen molar-refractivity contribution in [2.45, 2.75) is 26.9 Å². The quantitative estimate of drug-likeness (QED) is 0.696. The van der Waals surface area contributed by atoms with E-state index in [9.17, 15) is 0 Å². The Morgan fingerprint density at radius 3 is 2.58 bits per heavy atom. The van der Waals surface area contributed by atoms with E-state index in [2.05, 4.69) is 25.9 Å². The Labute approximate surface area is 140 Å². The third-order valence-corrected chi connectivity index (χ3v) is 3.80. The predicted molar refractivity (Wildman–Crippen MR) is 90.3 cm³/mol. The van der Waals surface area contributed by atoms with Gasteiger partial charge in [0.25, 0.3) is 0 Å². The van der Waals surface area contributed by atoms with E-state index in [0.29, 0.717) is 11.5 Å². The molecular formula is C17H21N5O2. The van der Waals surface area contributed by atoms with Gasteiger partial charge in [-0.25, -0.2) is 4.98 Å². The van der Waals surface area contributed by atoms with Crippen LogP contribution in [-0.4, -0.2) is 38.8 Å². The fourth-order valence-electron chi connectivity index (χ4n) is 2.72. The van der Waals surface area contributed by atoms with Gasteiger partial charge in [-0.3, -0.25) is 4.68 Å². The number of methoxy groups -OCH3 is 2. The van der Waals surface area contributed by atoms with Gasteiger partial charge in [0.2, 0.25) is 0 Å². The molecule has 0 amide bonds. The van der Waals surface area contributed by atoms with Gasteiger partial charge in [0.15, 0.2) is 11.5 Å². The maximum Gasteiger partial charge on any atom is 0.171 e. The van der Waals surface area contributed by atoms with Crippen molar-refractivity contribution in [1.82, 2.24) is 24.5 Å². The van der Waals surface area contributed by atoms with Crippen molar-refractivity contribution in [2.75, 3.05) is 14.2 Å². The Balaban J connectivity index is 1.93. The number of hydrogen-bond donors (Lipinski definition) is 0. The highest BCUT2D eigenvalue weighted by atomic mass is 16.5. The van der Waals surface area contributed by atoms with Crippen LogP contribution in [0.15, 0.2) is 30.7 Å². The molecule has 0 atom stereocenters. The zero-order valence-electron chi connectivity index (χ0n) is 14.4. The summed E-state index contributed by atoms with van der Waals surface area (Å²) in [5, 5.41) is 8.09. The van der Waals surface area contributed by atoms with Crippen molar-refractivity contribution >= 4 is 0 Å². The van der Waals surface area contributed by atoms with Crippen LogP contribution >= 0.6 is 0 Å². The lowest BCUT2D eigenvalue weighted by Crippen LogP contribution is -2.09. The minimum atomic E-state index is 0.687. The maximum atomic E-state index is 5.56. The Morgan fingerprint density at radius 1 is 1.08 bits per heavy atom. The standard InChI is InChI=1S/C17H21N5O2/c1-12-9-14(16(24-4)15(10-12)23-3)17-18-5-6-21(17)7-8-22-11-13(2)19-20-22/h5-6,9-11H,7-8H2,1-4H3. The van der Waals surface area contributed by atoms with Crippen LogP contribution < -0.4 is 9.47 Å². The van der Waals surface area contributed by atoms with Crippen LogP contribution in [0.4, 0.5) is 0 Å². The van der Waals surface area contributed by atoms with Crippen molar-refractivity contribution in [3.8, 4) is 22.9 Å². The summed E-state index contributed by atoms with van der Waals surface area (Å²) in [6.07, 6.45) is 5.66. The maximum absolute atomic E-state index is 5.56. The van der Waals surface area contributed by atoms with Crippen LogP contribution in [0.3, 0.4) is 0 Å². The summed E-state index contributed by atoms with van der Waals surface area (Å²) in [4.78, 5) is 4.51. The Kier molecular flexibility index (Phi) is 4.50. The lowest BCUT2D eigenvalue weighted by atomic mass is 10.1. The highest BCUT2D eigenvalue weighted by molar-refractivity contribution is 5.70. The molecule has 0 bridgehead atoms. The molecule has 2 heterocycles. The van der Waals surface area contributed by atoms with E-state index in [1.807, 2.05) is 37.0 Å². The Morgan fingerprint density at radius 2 is 1.92 bits per heavy atom. The molecule has 1 aromatic carbocycles. The number of aromatic nitrogens is 5. The molecule has 0 spiro atoms.